The smallest absolute Gasteiger partial charge is 0.221 e. The molecule has 0 aliphatic rings. The lowest BCUT2D eigenvalue weighted by Gasteiger charge is -2.19. The number of nitrogens with one attached hydrogen (secondary N) is 1. The Bertz CT molecular complexity index is 1700. The molecule has 0 spiro atoms. The van der Waals surface area contributed by atoms with E-state index in [2.05, 4.69) is 149 Å². The molecule has 556 valence electrons. The maximum Gasteiger partial charge on any atom is 0.221 e. The summed E-state index contributed by atoms with van der Waals surface area (Å²) < 4.78 is 24.4. The van der Waals surface area contributed by atoms with Crippen molar-refractivity contribution in [2.75, 3.05) is 72.4 Å². The SMILES string of the molecule is CCCCC/C=C\C/C=C\CCCCCCCCOC[C@H](CCN)OCCCCCCCC/C=C\C/C=C\CCCCC.CCCCC/C=C\C/C=C\CCCCCCCCOC[C@H](CCNC(=O)CCN(CC)CC)OCCCCCCCC/C=C\C/C=C\CCCCC. The minimum absolute atomic E-state index is 0.0469. The molecule has 0 aliphatic heterocycles. The maximum absolute atomic E-state index is 12.4. The van der Waals surface area contributed by atoms with Gasteiger partial charge in [0.1, 0.15) is 0 Å². The Balaban J connectivity index is 0. The molecular weight excluding hydrogens is 1170 g/mol. The fraction of sp³-hybridized carbons (Fsp3) is 0.805. The largest absolute Gasteiger partial charge is 0.379 e. The lowest BCUT2D eigenvalue weighted by atomic mass is 10.1. The summed E-state index contributed by atoms with van der Waals surface area (Å²) >= 11 is 0. The van der Waals surface area contributed by atoms with Gasteiger partial charge in [0.25, 0.3) is 0 Å². The van der Waals surface area contributed by atoms with E-state index < -0.39 is 0 Å². The van der Waals surface area contributed by atoms with E-state index >= 15 is 0 Å². The predicted octanol–water partition coefficient (Wildman–Crippen LogP) is 25.6. The molecule has 0 bridgehead atoms. The lowest BCUT2D eigenvalue weighted by Crippen LogP contribution is -2.33. The first-order chi connectivity index (χ1) is 47.0. The number of hydrogen-bond acceptors (Lipinski definition) is 7. The van der Waals surface area contributed by atoms with Crippen molar-refractivity contribution in [3.63, 3.8) is 0 Å². The molecule has 0 saturated heterocycles. The van der Waals surface area contributed by atoms with E-state index in [0.717, 1.165) is 110 Å². The number of hydrogen-bond donors (Lipinski definition) is 2. The minimum atomic E-state index is 0.0469. The highest BCUT2D eigenvalue weighted by molar-refractivity contribution is 5.76. The van der Waals surface area contributed by atoms with Crippen molar-refractivity contribution < 1.29 is 23.7 Å². The van der Waals surface area contributed by atoms with Crippen molar-refractivity contribution in [1.82, 2.24) is 10.2 Å². The third kappa shape index (κ3) is 83.5. The molecule has 0 aromatic heterocycles. The van der Waals surface area contributed by atoms with Crippen LogP contribution in [0.15, 0.2) is 97.2 Å². The van der Waals surface area contributed by atoms with Gasteiger partial charge in [-0.15, -0.1) is 0 Å². The van der Waals surface area contributed by atoms with E-state index in [1.165, 1.54) is 257 Å². The number of unbranched alkanes of at least 4 members (excludes halogenated alkanes) is 36. The van der Waals surface area contributed by atoms with Crippen LogP contribution < -0.4 is 11.1 Å². The zero-order valence-corrected chi connectivity index (χ0v) is 64.3. The average Bonchev–Trinajstić information content (AvgIpc) is 3.67. The molecule has 0 rings (SSSR count). The highest BCUT2D eigenvalue weighted by Gasteiger charge is 2.13. The first-order valence-electron chi connectivity index (χ1n) is 41.3. The van der Waals surface area contributed by atoms with Gasteiger partial charge in [-0.05, 0) is 187 Å². The molecule has 1 amide bonds. The van der Waals surface area contributed by atoms with Crippen molar-refractivity contribution >= 4 is 5.91 Å². The fourth-order valence-electron chi connectivity index (χ4n) is 11.4. The molecule has 8 nitrogen and oxygen atoms in total. The van der Waals surface area contributed by atoms with Crippen molar-refractivity contribution in [2.45, 2.75) is 381 Å². The van der Waals surface area contributed by atoms with Crippen LogP contribution in [0.5, 0.6) is 0 Å². The highest BCUT2D eigenvalue weighted by atomic mass is 16.5. The number of carbonyl (C=O) groups is 1. The Morgan fingerprint density at radius 3 is 0.884 bits per heavy atom. The number of nitrogens with two attached hydrogens (primary N) is 1. The first-order valence-corrected chi connectivity index (χ1v) is 41.3. The molecular formula is C87H163N3O5. The summed E-state index contributed by atoms with van der Waals surface area (Å²) in [5.74, 6) is 0.137. The van der Waals surface area contributed by atoms with Crippen molar-refractivity contribution in [2.24, 2.45) is 5.73 Å². The molecule has 8 heteroatoms. The van der Waals surface area contributed by atoms with Crippen molar-refractivity contribution in [1.29, 1.82) is 0 Å². The van der Waals surface area contributed by atoms with Gasteiger partial charge in [0.2, 0.25) is 5.91 Å². The van der Waals surface area contributed by atoms with Crippen LogP contribution in [0.25, 0.3) is 0 Å². The van der Waals surface area contributed by atoms with Crippen LogP contribution in [0.3, 0.4) is 0 Å². The van der Waals surface area contributed by atoms with E-state index in [4.69, 9.17) is 24.7 Å². The molecule has 0 aliphatic carbocycles. The normalized spacial score (nSPS) is 13.0. The van der Waals surface area contributed by atoms with Gasteiger partial charge in [0.15, 0.2) is 0 Å². The second kappa shape index (κ2) is 87.2. The summed E-state index contributed by atoms with van der Waals surface area (Å²) in [4.78, 5) is 14.7. The number of ether oxygens (including phenoxy) is 4. The van der Waals surface area contributed by atoms with E-state index in [9.17, 15) is 4.79 Å². The second-order valence-corrected chi connectivity index (χ2v) is 27.0. The lowest BCUT2D eigenvalue weighted by molar-refractivity contribution is -0.121. The third-order valence-electron chi connectivity index (χ3n) is 17.8. The van der Waals surface area contributed by atoms with Gasteiger partial charge < -0.3 is 34.9 Å². The third-order valence-corrected chi connectivity index (χ3v) is 17.8. The molecule has 0 saturated carbocycles. The summed E-state index contributed by atoms with van der Waals surface area (Å²) in [6, 6.07) is 0. The highest BCUT2D eigenvalue weighted by Crippen LogP contribution is 2.15. The van der Waals surface area contributed by atoms with Crippen LogP contribution in [-0.2, 0) is 23.7 Å². The van der Waals surface area contributed by atoms with Crippen molar-refractivity contribution in [3.8, 4) is 0 Å². The van der Waals surface area contributed by atoms with E-state index in [-0.39, 0.29) is 18.1 Å². The maximum atomic E-state index is 12.4. The quantitative estimate of drug-likeness (QED) is 0.0463. The van der Waals surface area contributed by atoms with Crippen LogP contribution in [-0.4, -0.2) is 95.4 Å². The van der Waals surface area contributed by atoms with E-state index in [1.54, 1.807) is 0 Å². The summed E-state index contributed by atoms with van der Waals surface area (Å²) in [5, 5.41) is 3.12. The number of allylic oxidation sites excluding steroid dienone is 16. The van der Waals surface area contributed by atoms with E-state index in [1.807, 2.05) is 0 Å². The molecule has 0 heterocycles. The van der Waals surface area contributed by atoms with Crippen molar-refractivity contribution in [3.05, 3.63) is 97.2 Å². The number of carbonyl (C=O) groups excluding carboxylic acids is 1. The Kier molecular flexibility index (Phi) is 86.5. The molecule has 0 radical (unpaired) electrons. The van der Waals surface area contributed by atoms with Crippen LogP contribution in [0.2, 0.25) is 0 Å². The minimum Gasteiger partial charge on any atom is -0.379 e. The average molecular weight is 1330 g/mol. The zero-order valence-electron chi connectivity index (χ0n) is 64.3. The Labute approximate surface area is 593 Å². The monoisotopic (exact) mass is 1330 g/mol. The van der Waals surface area contributed by atoms with Gasteiger partial charge >= 0.3 is 0 Å². The molecule has 0 fully saturated rings. The van der Waals surface area contributed by atoms with Crippen LogP contribution in [0, 0.1) is 0 Å². The van der Waals surface area contributed by atoms with Gasteiger partial charge in [-0.25, -0.2) is 0 Å². The molecule has 2 atom stereocenters. The summed E-state index contributed by atoms with van der Waals surface area (Å²) in [5.41, 5.74) is 5.82. The van der Waals surface area contributed by atoms with E-state index in [0.29, 0.717) is 32.7 Å². The Morgan fingerprint density at radius 2 is 0.600 bits per heavy atom. The molecule has 3 N–H and O–H groups in total. The Morgan fingerprint density at radius 1 is 0.337 bits per heavy atom. The van der Waals surface area contributed by atoms with Gasteiger partial charge in [0, 0.05) is 45.9 Å². The first kappa shape index (κ1) is 94.2. The standard InChI is InChI=1S/C47H88N2O3.C40H75NO2/c1-5-9-11-13-15-17-19-21-23-25-27-29-31-33-35-37-43-51-45-46(39-41-48-47(50)40-42-49(7-3)8-4)52-44-38-36-34-32-30-28-26-24-22-20-18-16-14-12-10-6-2;1-3-5-7-9-11-13-15-17-19-21-23-25-27-29-31-33-37-42-39-40(35-36-41)43-38-34-32-30-28-26-24-22-20-18-16-14-12-10-8-6-4-2/h15-18,21-24,46H,5-14,19-20,25-45H2,1-4H3,(H,48,50);11-14,17-20,40H,3-10,15-16,21-39,41H2,1-2H3/b17-15-,18-16-,23-21-,24-22-;13-11-,14-12-,19-17-,20-18-/t46-;40-/m00/s1. The van der Waals surface area contributed by atoms with Gasteiger partial charge in [-0.1, -0.05) is 293 Å². The predicted molar refractivity (Wildman–Crippen MR) is 422 cm³/mol. The van der Waals surface area contributed by atoms with Gasteiger partial charge in [0.05, 0.1) is 25.4 Å². The number of nitrogens with zero attached hydrogens (tertiary/aromatic N) is 1. The van der Waals surface area contributed by atoms with Gasteiger partial charge in [-0.3, -0.25) is 4.79 Å². The summed E-state index contributed by atoms with van der Waals surface area (Å²) in [6.07, 6.45) is 101. The number of amides is 1. The van der Waals surface area contributed by atoms with Crippen LogP contribution in [0.1, 0.15) is 369 Å². The fourth-order valence-corrected chi connectivity index (χ4v) is 11.4. The number of rotatable bonds is 76. The Hall–Kier alpha value is -2.85. The summed E-state index contributed by atoms with van der Waals surface area (Å²) in [7, 11) is 0. The molecule has 95 heavy (non-hydrogen) atoms. The van der Waals surface area contributed by atoms with Gasteiger partial charge in [-0.2, -0.15) is 0 Å². The molecule has 0 aromatic rings. The zero-order chi connectivity index (χ0) is 69.0. The molecule has 0 unspecified atom stereocenters. The second-order valence-electron chi connectivity index (χ2n) is 27.0. The molecule has 0 aromatic carbocycles. The summed E-state index contributed by atoms with van der Waals surface area (Å²) in [6.45, 7) is 22.0. The van der Waals surface area contributed by atoms with Crippen LogP contribution in [0.4, 0.5) is 0 Å². The topological polar surface area (TPSA) is 95.3 Å². The van der Waals surface area contributed by atoms with Crippen LogP contribution >= 0.6 is 0 Å².